The normalized spacial score (nSPS) is 12.5. The van der Waals surface area contributed by atoms with E-state index in [4.69, 9.17) is 27.8 Å². The molecule has 144 valence electrons. The molecule has 2 N–H and O–H groups in total. The van der Waals surface area contributed by atoms with E-state index < -0.39 is 35.8 Å². The highest BCUT2D eigenvalue weighted by Crippen LogP contribution is 2.27. The highest BCUT2D eigenvalue weighted by atomic mass is 35.5. The number of benzene rings is 2. The van der Waals surface area contributed by atoms with Crippen molar-refractivity contribution in [3.8, 4) is 0 Å². The van der Waals surface area contributed by atoms with E-state index in [2.05, 4.69) is 0 Å². The van der Waals surface area contributed by atoms with Gasteiger partial charge in [0, 0.05) is 5.56 Å². The third-order valence-corrected chi connectivity index (χ3v) is 5.99. The van der Waals surface area contributed by atoms with Gasteiger partial charge in [-0.2, -0.15) is 16.8 Å². The van der Waals surface area contributed by atoms with Crippen molar-refractivity contribution in [1.82, 2.24) is 0 Å². The van der Waals surface area contributed by atoms with Gasteiger partial charge in [0.15, 0.2) is 5.78 Å². The molecule has 0 atom stereocenters. The van der Waals surface area contributed by atoms with Crippen LogP contribution >= 0.6 is 23.2 Å². The molecule has 0 aromatic heterocycles. The second-order valence-electron chi connectivity index (χ2n) is 5.43. The third-order valence-electron chi connectivity index (χ3n) is 3.51. The van der Waals surface area contributed by atoms with Crippen LogP contribution in [0.15, 0.2) is 46.2 Å². The number of hydrogen-bond acceptors (Lipinski definition) is 5. The summed E-state index contributed by atoms with van der Waals surface area (Å²) >= 11 is 11.8. The van der Waals surface area contributed by atoms with Gasteiger partial charge in [-0.15, -0.1) is 0 Å². The number of aryl methyl sites for hydroxylation is 1. The number of allylic oxidation sites excluding steroid dienone is 1. The van der Waals surface area contributed by atoms with Crippen molar-refractivity contribution >= 4 is 55.3 Å². The molecule has 0 aliphatic heterocycles. The first-order valence-electron chi connectivity index (χ1n) is 7.08. The van der Waals surface area contributed by atoms with Gasteiger partial charge in [-0.25, -0.2) is 0 Å². The van der Waals surface area contributed by atoms with Crippen molar-refractivity contribution in [2.45, 2.75) is 16.7 Å². The fourth-order valence-corrected chi connectivity index (χ4v) is 3.88. The maximum absolute atomic E-state index is 12.4. The molecule has 0 heterocycles. The van der Waals surface area contributed by atoms with Gasteiger partial charge in [-0.05, 0) is 54.5 Å². The van der Waals surface area contributed by atoms with Crippen molar-refractivity contribution in [3.63, 3.8) is 0 Å². The van der Waals surface area contributed by atoms with Crippen LogP contribution in [0.25, 0.3) is 6.08 Å². The predicted molar refractivity (Wildman–Crippen MR) is 101 cm³/mol. The van der Waals surface area contributed by atoms with E-state index >= 15 is 0 Å². The Balaban J connectivity index is 2.51. The van der Waals surface area contributed by atoms with Crippen LogP contribution in [-0.2, 0) is 20.2 Å². The maximum atomic E-state index is 12.4. The van der Waals surface area contributed by atoms with Crippen molar-refractivity contribution in [2.24, 2.45) is 0 Å². The molecule has 2 rings (SSSR count). The Morgan fingerprint density at radius 1 is 0.963 bits per heavy atom. The zero-order valence-electron chi connectivity index (χ0n) is 13.5. The number of carbonyl (C=O) groups is 1. The summed E-state index contributed by atoms with van der Waals surface area (Å²) in [6.45, 7) is 1.63. The van der Waals surface area contributed by atoms with Gasteiger partial charge >= 0.3 is 0 Å². The smallest absolute Gasteiger partial charge is 0.289 e. The van der Waals surface area contributed by atoms with Gasteiger partial charge in [0.1, 0.15) is 4.90 Å². The van der Waals surface area contributed by atoms with E-state index in [1.807, 2.05) is 0 Å². The molecule has 27 heavy (non-hydrogen) atoms. The lowest BCUT2D eigenvalue weighted by atomic mass is 10.0. The first kappa shape index (κ1) is 21.5. The second-order valence-corrected chi connectivity index (χ2v) is 9.05. The van der Waals surface area contributed by atoms with Crippen molar-refractivity contribution < 1.29 is 30.7 Å². The summed E-state index contributed by atoms with van der Waals surface area (Å²) < 4.78 is 63.6. The fourth-order valence-electron chi connectivity index (χ4n) is 2.20. The molecular formula is C16H12Cl2O7S2. The molecule has 0 unspecified atom stereocenters. The minimum Gasteiger partial charge on any atom is -0.289 e. The van der Waals surface area contributed by atoms with Crippen molar-refractivity contribution in [1.29, 1.82) is 0 Å². The van der Waals surface area contributed by atoms with Gasteiger partial charge in [0.2, 0.25) is 0 Å². The largest absolute Gasteiger partial charge is 0.295 e. The van der Waals surface area contributed by atoms with Crippen LogP contribution in [0, 0.1) is 6.92 Å². The minimum absolute atomic E-state index is 0.157. The summed E-state index contributed by atoms with van der Waals surface area (Å²) in [5, 5.41) is 0.430. The zero-order chi connectivity index (χ0) is 20.6. The molecule has 7 nitrogen and oxygen atoms in total. The Labute approximate surface area is 165 Å². The number of halogens is 2. The Bertz CT molecular complexity index is 1170. The van der Waals surface area contributed by atoms with E-state index in [9.17, 15) is 26.2 Å². The summed E-state index contributed by atoms with van der Waals surface area (Å²) in [5.41, 5.74) is 0.607. The topological polar surface area (TPSA) is 126 Å². The molecule has 0 radical (unpaired) electrons. The van der Waals surface area contributed by atoms with Crippen LogP contribution in [0.4, 0.5) is 0 Å². The summed E-state index contributed by atoms with van der Waals surface area (Å²) in [5.74, 6) is -0.522. The lowest BCUT2D eigenvalue weighted by Gasteiger charge is -2.06. The molecule has 0 aliphatic carbocycles. The Kier molecular flexibility index (Phi) is 6.15. The molecular weight excluding hydrogens is 439 g/mol. The number of rotatable bonds is 5. The van der Waals surface area contributed by atoms with Crippen LogP contribution in [0.5, 0.6) is 0 Å². The van der Waals surface area contributed by atoms with Crippen LogP contribution in [0.2, 0.25) is 10.0 Å². The van der Waals surface area contributed by atoms with Gasteiger partial charge < -0.3 is 0 Å². The summed E-state index contributed by atoms with van der Waals surface area (Å²) in [6, 6.07) is 5.39. The van der Waals surface area contributed by atoms with E-state index in [1.54, 1.807) is 6.92 Å². The molecule has 0 aliphatic rings. The molecule has 11 heteroatoms. The first-order valence-corrected chi connectivity index (χ1v) is 10.7. The fraction of sp³-hybridized carbons (Fsp3) is 0.0625. The van der Waals surface area contributed by atoms with E-state index in [-0.39, 0.29) is 21.2 Å². The second kappa shape index (κ2) is 7.70. The molecule has 0 bridgehead atoms. The highest BCUT2D eigenvalue weighted by Gasteiger charge is 2.19. The zero-order valence-corrected chi connectivity index (χ0v) is 16.7. The molecule has 2 aromatic rings. The van der Waals surface area contributed by atoms with Crippen molar-refractivity contribution in [3.05, 3.63) is 63.1 Å². The molecule has 0 fully saturated rings. The SMILES string of the molecule is Cc1cc(Cl)c(Cl)cc1C(=O)/C=C/c1ccc(S(=O)(=O)O)cc1S(=O)(=O)O. The molecule has 0 spiro atoms. The average Bonchev–Trinajstić information content (AvgIpc) is 2.54. The molecule has 0 saturated heterocycles. The lowest BCUT2D eigenvalue weighted by molar-refractivity contribution is 0.104. The van der Waals surface area contributed by atoms with E-state index in [0.29, 0.717) is 11.6 Å². The number of carbonyl (C=O) groups excluding carboxylic acids is 1. The van der Waals surface area contributed by atoms with E-state index in [1.165, 1.54) is 12.1 Å². The van der Waals surface area contributed by atoms with Crippen LogP contribution in [-0.4, -0.2) is 31.7 Å². The monoisotopic (exact) mass is 450 g/mol. The van der Waals surface area contributed by atoms with Gasteiger partial charge in [0.25, 0.3) is 20.2 Å². The Hall–Kier alpha value is -1.75. The van der Waals surface area contributed by atoms with Crippen LogP contribution < -0.4 is 0 Å². The summed E-state index contributed by atoms with van der Waals surface area (Å²) in [4.78, 5) is 10.8. The van der Waals surface area contributed by atoms with Crippen molar-refractivity contribution in [2.75, 3.05) is 0 Å². The van der Waals surface area contributed by atoms with Gasteiger partial charge in [-0.1, -0.05) is 29.3 Å². The summed E-state index contributed by atoms with van der Waals surface area (Å²) in [7, 11) is -9.51. The van der Waals surface area contributed by atoms with Crippen LogP contribution in [0.3, 0.4) is 0 Å². The quantitative estimate of drug-likeness (QED) is 0.403. The lowest BCUT2D eigenvalue weighted by Crippen LogP contribution is -2.05. The Morgan fingerprint density at radius 2 is 1.56 bits per heavy atom. The van der Waals surface area contributed by atoms with Crippen LogP contribution in [0.1, 0.15) is 21.5 Å². The van der Waals surface area contributed by atoms with E-state index in [0.717, 1.165) is 24.3 Å². The number of hydrogen-bond donors (Lipinski definition) is 2. The molecule has 0 amide bonds. The standard InChI is InChI=1S/C16H12Cl2O7S2/c1-9-6-13(17)14(18)8-12(9)15(19)5-3-10-2-4-11(26(20,21)22)7-16(10)27(23,24)25/h2-8H,1H3,(H,20,21,22)(H,23,24,25)/b5-3+. The summed E-state index contributed by atoms with van der Waals surface area (Å²) in [6.07, 6.45) is 2.12. The average molecular weight is 451 g/mol. The highest BCUT2D eigenvalue weighted by molar-refractivity contribution is 7.86. The molecule has 0 saturated carbocycles. The molecule has 2 aromatic carbocycles. The third kappa shape index (κ3) is 5.16. The maximum Gasteiger partial charge on any atom is 0.295 e. The first-order chi connectivity index (χ1) is 12.3. The Morgan fingerprint density at radius 3 is 2.11 bits per heavy atom. The number of ketones is 1. The van der Waals surface area contributed by atoms with Gasteiger partial charge in [-0.3, -0.25) is 13.9 Å². The van der Waals surface area contributed by atoms with Gasteiger partial charge in [0.05, 0.1) is 14.9 Å². The minimum atomic E-state index is -4.83. The predicted octanol–water partition coefficient (Wildman–Crippen LogP) is 3.69.